The maximum absolute atomic E-state index is 13.0. The Morgan fingerprint density at radius 3 is 2.51 bits per heavy atom. The number of halogens is 2. The monoisotopic (exact) mass is 572 g/mol. The van der Waals surface area contributed by atoms with Gasteiger partial charge >= 0.3 is 5.97 Å². The zero-order valence-corrected chi connectivity index (χ0v) is 24.0. The summed E-state index contributed by atoms with van der Waals surface area (Å²) in [4.78, 5) is 14.0. The number of hydrogen-bond acceptors (Lipinski definition) is 5. The molecule has 0 aliphatic heterocycles. The van der Waals surface area contributed by atoms with Gasteiger partial charge in [0.05, 0.1) is 30.2 Å². The Morgan fingerprint density at radius 1 is 1.11 bits per heavy atom. The van der Waals surface area contributed by atoms with Crippen LogP contribution in [0.4, 0.5) is 10.7 Å². The summed E-state index contributed by atoms with van der Waals surface area (Å²) in [5, 5.41) is 13.3. The second kappa shape index (κ2) is 11.6. The first-order valence-electron chi connectivity index (χ1n) is 11.6. The number of ether oxygens (including phenoxy) is 1. The van der Waals surface area contributed by atoms with Gasteiger partial charge in [0.25, 0.3) is 0 Å². The number of rotatable bonds is 7. The third-order valence-corrected chi connectivity index (χ3v) is 7.62. The molecule has 0 spiro atoms. The van der Waals surface area contributed by atoms with Crippen LogP contribution in [0.1, 0.15) is 39.1 Å². The minimum absolute atomic E-state index is 0.277. The van der Waals surface area contributed by atoms with E-state index in [2.05, 4.69) is 15.7 Å². The molecule has 0 radical (unpaired) electrons. The van der Waals surface area contributed by atoms with Gasteiger partial charge in [-0.2, -0.15) is 5.10 Å². The van der Waals surface area contributed by atoms with Gasteiger partial charge in [-0.3, -0.25) is 4.68 Å². The Kier molecular flexibility index (Phi) is 8.54. The van der Waals surface area contributed by atoms with E-state index in [-0.39, 0.29) is 6.61 Å². The van der Waals surface area contributed by atoms with Crippen molar-refractivity contribution in [1.82, 2.24) is 9.78 Å². The van der Waals surface area contributed by atoms with E-state index in [9.17, 15) is 4.79 Å². The van der Waals surface area contributed by atoms with E-state index in [4.69, 9.17) is 40.2 Å². The molecule has 6 nitrogen and oxygen atoms in total. The summed E-state index contributed by atoms with van der Waals surface area (Å²) in [6.07, 6.45) is 0. The average Bonchev–Trinajstić information content (AvgIpc) is 3.31. The lowest BCUT2D eigenvalue weighted by Crippen LogP contribution is -2.21. The molecule has 2 aromatic heterocycles. The molecule has 0 saturated heterocycles. The molecule has 0 saturated carbocycles. The second-order valence-corrected chi connectivity index (χ2v) is 10.8. The zero-order chi connectivity index (χ0) is 26.7. The van der Waals surface area contributed by atoms with Crippen molar-refractivity contribution < 1.29 is 9.53 Å². The summed E-state index contributed by atoms with van der Waals surface area (Å²) in [5.41, 5.74) is 5.63. The summed E-state index contributed by atoms with van der Waals surface area (Å²) in [7, 11) is 0. The molecule has 192 valence electrons. The third kappa shape index (κ3) is 5.99. The smallest absolute Gasteiger partial charge is 0.341 e. The van der Waals surface area contributed by atoms with E-state index in [1.165, 1.54) is 11.3 Å². The average molecular weight is 574 g/mol. The summed E-state index contributed by atoms with van der Waals surface area (Å²) in [6, 6.07) is 15.2. The maximum atomic E-state index is 13.0. The van der Waals surface area contributed by atoms with E-state index >= 15 is 0 Å². The first-order valence-corrected chi connectivity index (χ1v) is 13.6. The van der Waals surface area contributed by atoms with Gasteiger partial charge in [0, 0.05) is 20.5 Å². The van der Waals surface area contributed by atoms with Crippen molar-refractivity contribution >= 4 is 68.5 Å². The van der Waals surface area contributed by atoms with Crippen LogP contribution in [0.25, 0.3) is 11.1 Å². The molecule has 0 aliphatic carbocycles. The number of hydrogen-bond donors (Lipinski definition) is 2. The Labute approximate surface area is 235 Å². The second-order valence-electron chi connectivity index (χ2n) is 8.34. The molecular weight excluding hydrogens is 547 g/mol. The zero-order valence-electron chi connectivity index (χ0n) is 20.8. The number of nitrogens with zero attached hydrogens (tertiary/aromatic N) is 2. The standard InChI is InChI=1S/C27H26Cl2N4O2S2/c1-5-35-26(34)23-22(18-9-7-6-8-10-18)17(4)37-25(23)31-27(36)30-24-15(2)32-33(16(24)3)14-19-11-12-20(28)13-21(19)29/h6-13H,5,14H2,1-4H3,(H2,30,31,36). The number of thiocarbonyl (C=S) groups is 1. The molecular formula is C27H26Cl2N4O2S2. The van der Waals surface area contributed by atoms with Gasteiger partial charge < -0.3 is 15.4 Å². The molecule has 2 aromatic carbocycles. The number of aromatic nitrogens is 2. The summed E-state index contributed by atoms with van der Waals surface area (Å²) in [5.74, 6) is -0.393. The highest BCUT2D eigenvalue weighted by Gasteiger charge is 2.25. The number of aryl methyl sites for hydroxylation is 2. The molecule has 4 rings (SSSR count). The van der Waals surface area contributed by atoms with Crippen LogP contribution in [0.3, 0.4) is 0 Å². The molecule has 2 N–H and O–H groups in total. The molecule has 37 heavy (non-hydrogen) atoms. The number of benzene rings is 2. The molecule has 0 amide bonds. The molecule has 0 fully saturated rings. The van der Waals surface area contributed by atoms with Gasteiger partial charge in [0.1, 0.15) is 10.6 Å². The minimum atomic E-state index is -0.393. The lowest BCUT2D eigenvalue weighted by molar-refractivity contribution is 0.0529. The molecule has 0 aliphatic rings. The normalized spacial score (nSPS) is 10.9. The number of carbonyl (C=O) groups excluding carboxylic acids is 1. The SMILES string of the molecule is CCOC(=O)c1c(NC(=S)Nc2c(C)nn(Cc3ccc(Cl)cc3Cl)c2C)sc(C)c1-c1ccccc1. The van der Waals surface area contributed by atoms with Crippen molar-refractivity contribution in [3.63, 3.8) is 0 Å². The van der Waals surface area contributed by atoms with Crippen molar-refractivity contribution in [2.45, 2.75) is 34.2 Å². The van der Waals surface area contributed by atoms with Crippen LogP contribution in [-0.4, -0.2) is 27.5 Å². The van der Waals surface area contributed by atoms with Crippen molar-refractivity contribution in [1.29, 1.82) is 0 Å². The van der Waals surface area contributed by atoms with Crippen LogP contribution in [0.15, 0.2) is 48.5 Å². The first kappa shape index (κ1) is 27.1. The lowest BCUT2D eigenvalue weighted by atomic mass is 10.0. The van der Waals surface area contributed by atoms with Crippen molar-refractivity contribution in [2.75, 3.05) is 17.2 Å². The molecule has 4 aromatic rings. The van der Waals surface area contributed by atoms with Gasteiger partial charge in [-0.1, -0.05) is 59.6 Å². The topological polar surface area (TPSA) is 68.2 Å². The van der Waals surface area contributed by atoms with Crippen LogP contribution in [0.5, 0.6) is 0 Å². The highest BCUT2D eigenvalue weighted by atomic mass is 35.5. The fourth-order valence-corrected chi connectivity index (χ4v) is 5.88. The van der Waals surface area contributed by atoms with Crippen LogP contribution in [0, 0.1) is 20.8 Å². The van der Waals surface area contributed by atoms with E-state index in [0.29, 0.717) is 32.3 Å². The molecule has 0 bridgehead atoms. The minimum Gasteiger partial charge on any atom is -0.462 e. The van der Waals surface area contributed by atoms with E-state index in [1.54, 1.807) is 19.1 Å². The summed E-state index contributed by atoms with van der Waals surface area (Å²) >= 11 is 19.5. The third-order valence-electron chi connectivity index (χ3n) is 5.81. The fourth-order valence-electron chi connectivity index (χ4n) is 4.07. The van der Waals surface area contributed by atoms with E-state index in [0.717, 1.165) is 38.6 Å². The van der Waals surface area contributed by atoms with Crippen LogP contribution in [-0.2, 0) is 11.3 Å². The van der Waals surface area contributed by atoms with Crippen LogP contribution in [0.2, 0.25) is 10.0 Å². The summed E-state index contributed by atoms with van der Waals surface area (Å²) < 4.78 is 7.25. The predicted molar refractivity (Wildman–Crippen MR) is 158 cm³/mol. The van der Waals surface area contributed by atoms with Crippen LogP contribution >= 0.6 is 46.8 Å². The number of anilines is 2. The van der Waals surface area contributed by atoms with Crippen molar-refractivity contribution in [3.8, 4) is 11.1 Å². The number of thiophene rings is 1. The van der Waals surface area contributed by atoms with Crippen molar-refractivity contribution in [2.24, 2.45) is 0 Å². The highest BCUT2D eigenvalue weighted by Crippen LogP contribution is 2.40. The molecule has 0 atom stereocenters. The van der Waals surface area contributed by atoms with Crippen LogP contribution < -0.4 is 10.6 Å². The summed E-state index contributed by atoms with van der Waals surface area (Å²) in [6.45, 7) is 8.41. The first-order chi connectivity index (χ1) is 17.7. The Hall–Kier alpha value is -2.91. The predicted octanol–water partition coefficient (Wildman–Crippen LogP) is 7.88. The largest absolute Gasteiger partial charge is 0.462 e. The Balaban J connectivity index is 1.59. The van der Waals surface area contributed by atoms with E-state index in [1.807, 2.05) is 61.9 Å². The molecule has 2 heterocycles. The van der Waals surface area contributed by atoms with Gasteiger partial charge in [-0.05, 0) is 63.2 Å². The number of carbonyl (C=O) groups is 1. The van der Waals surface area contributed by atoms with Gasteiger partial charge in [0.15, 0.2) is 5.11 Å². The number of nitrogens with one attached hydrogen (secondary N) is 2. The van der Waals surface area contributed by atoms with Gasteiger partial charge in [0.2, 0.25) is 0 Å². The van der Waals surface area contributed by atoms with Gasteiger partial charge in [-0.15, -0.1) is 11.3 Å². The molecule has 10 heteroatoms. The molecule has 0 unspecified atom stereocenters. The fraction of sp³-hybridized carbons (Fsp3) is 0.222. The number of esters is 1. The van der Waals surface area contributed by atoms with Gasteiger partial charge in [-0.25, -0.2) is 4.79 Å². The lowest BCUT2D eigenvalue weighted by Gasteiger charge is -2.12. The Bertz CT molecular complexity index is 1470. The quantitative estimate of drug-likeness (QED) is 0.173. The van der Waals surface area contributed by atoms with Crippen molar-refractivity contribution in [3.05, 3.63) is 86.0 Å². The highest BCUT2D eigenvalue weighted by molar-refractivity contribution is 7.80. The Morgan fingerprint density at radius 2 is 1.84 bits per heavy atom. The van der Waals surface area contributed by atoms with E-state index < -0.39 is 5.97 Å². The maximum Gasteiger partial charge on any atom is 0.341 e.